The quantitative estimate of drug-likeness (QED) is 0.918. The van der Waals surface area contributed by atoms with Crippen molar-refractivity contribution >= 4 is 34.8 Å². The zero-order chi connectivity index (χ0) is 15.7. The van der Waals surface area contributed by atoms with Gasteiger partial charge < -0.3 is 19.5 Å². The van der Waals surface area contributed by atoms with Gasteiger partial charge in [0.2, 0.25) is 6.79 Å². The average molecular weight is 340 g/mol. The van der Waals surface area contributed by atoms with Gasteiger partial charge in [-0.05, 0) is 24.3 Å². The van der Waals surface area contributed by atoms with Gasteiger partial charge in [-0.3, -0.25) is 4.79 Å². The Labute approximate surface area is 136 Å². The molecule has 0 saturated heterocycles. The summed E-state index contributed by atoms with van der Waals surface area (Å²) in [5, 5.41) is 3.29. The molecule has 0 aliphatic carbocycles. The van der Waals surface area contributed by atoms with Crippen LogP contribution in [-0.4, -0.2) is 19.8 Å². The van der Waals surface area contributed by atoms with E-state index >= 15 is 0 Å². The highest BCUT2D eigenvalue weighted by atomic mass is 35.5. The molecule has 1 heterocycles. The number of fused-ring (bicyclic) bond motifs is 1. The lowest BCUT2D eigenvalue weighted by Gasteiger charge is -2.10. The van der Waals surface area contributed by atoms with Crippen LogP contribution < -0.4 is 19.5 Å². The zero-order valence-corrected chi connectivity index (χ0v) is 13.0. The third-order valence-electron chi connectivity index (χ3n) is 3.10. The molecule has 0 fully saturated rings. The van der Waals surface area contributed by atoms with Crippen LogP contribution in [0.15, 0.2) is 30.3 Å². The number of hydrogen-bond donors (Lipinski definition) is 1. The number of benzene rings is 2. The van der Waals surface area contributed by atoms with E-state index in [1.54, 1.807) is 18.2 Å². The average Bonchev–Trinajstić information content (AvgIpc) is 2.94. The third kappa shape index (κ3) is 2.77. The van der Waals surface area contributed by atoms with E-state index in [1.807, 2.05) is 0 Å². The van der Waals surface area contributed by atoms with Gasteiger partial charge in [0, 0.05) is 17.3 Å². The van der Waals surface area contributed by atoms with Gasteiger partial charge in [-0.25, -0.2) is 0 Å². The van der Waals surface area contributed by atoms with Crippen LogP contribution in [-0.2, 0) is 0 Å². The molecular weight excluding hydrogens is 329 g/mol. The number of nitrogens with one attached hydrogen (secondary N) is 1. The van der Waals surface area contributed by atoms with E-state index in [9.17, 15) is 4.79 Å². The van der Waals surface area contributed by atoms with E-state index in [0.29, 0.717) is 28.5 Å². The van der Waals surface area contributed by atoms with Gasteiger partial charge in [0.05, 0.1) is 17.2 Å². The van der Waals surface area contributed by atoms with Crippen molar-refractivity contribution < 1.29 is 19.0 Å². The Bertz CT molecular complexity index is 725. The molecule has 0 saturated carbocycles. The smallest absolute Gasteiger partial charge is 0.255 e. The van der Waals surface area contributed by atoms with Crippen LogP contribution in [0.4, 0.5) is 5.69 Å². The number of rotatable bonds is 3. The number of anilines is 1. The van der Waals surface area contributed by atoms with E-state index in [0.717, 1.165) is 0 Å². The van der Waals surface area contributed by atoms with Crippen LogP contribution in [0.1, 0.15) is 10.4 Å². The molecule has 5 nitrogen and oxygen atoms in total. The maximum absolute atomic E-state index is 12.3. The lowest BCUT2D eigenvalue weighted by Crippen LogP contribution is -2.12. The first kappa shape index (κ1) is 14.8. The first-order chi connectivity index (χ1) is 10.6. The standard InChI is InChI=1S/C15H11Cl2NO4/c1-20-14-10(16)4-8(5-11(14)17)15(19)18-9-2-3-12-13(6-9)22-7-21-12/h2-6H,7H2,1H3,(H,18,19). The summed E-state index contributed by atoms with van der Waals surface area (Å²) in [5.41, 5.74) is 0.908. The van der Waals surface area contributed by atoms with Crippen molar-refractivity contribution in [1.29, 1.82) is 0 Å². The molecule has 0 bridgehead atoms. The maximum atomic E-state index is 12.3. The molecule has 1 N–H and O–H groups in total. The molecule has 3 rings (SSSR count). The van der Waals surface area contributed by atoms with Crippen LogP contribution in [0.2, 0.25) is 10.0 Å². The lowest BCUT2D eigenvalue weighted by molar-refractivity contribution is 0.102. The molecule has 0 atom stereocenters. The van der Waals surface area contributed by atoms with Crippen molar-refractivity contribution in [2.45, 2.75) is 0 Å². The minimum atomic E-state index is -0.342. The predicted molar refractivity (Wildman–Crippen MR) is 83.5 cm³/mol. The molecule has 7 heteroatoms. The Morgan fingerprint density at radius 1 is 1.14 bits per heavy atom. The molecule has 0 spiro atoms. The van der Waals surface area contributed by atoms with Crippen molar-refractivity contribution in [3.63, 3.8) is 0 Å². The van der Waals surface area contributed by atoms with Gasteiger partial charge in [0.15, 0.2) is 17.2 Å². The Hall–Kier alpha value is -2.11. The Kier molecular flexibility index (Phi) is 4.00. The van der Waals surface area contributed by atoms with Gasteiger partial charge in [-0.2, -0.15) is 0 Å². The fraction of sp³-hybridized carbons (Fsp3) is 0.133. The van der Waals surface area contributed by atoms with Crippen molar-refractivity contribution in [3.8, 4) is 17.2 Å². The van der Waals surface area contributed by atoms with Crippen molar-refractivity contribution in [2.75, 3.05) is 19.2 Å². The summed E-state index contributed by atoms with van der Waals surface area (Å²) in [6.45, 7) is 0.177. The fourth-order valence-electron chi connectivity index (χ4n) is 2.06. The van der Waals surface area contributed by atoms with Crippen LogP contribution in [0, 0.1) is 0 Å². The number of methoxy groups -OCH3 is 1. The minimum Gasteiger partial charge on any atom is -0.494 e. The third-order valence-corrected chi connectivity index (χ3v) is 3.66. The van der Waals surface area contributed by atoms with E-state index < -0.39 is 0 Å². The van der Waals surface area contributed by atoms with Crippen molar-refractivity contribution in [3.05, 3.63) is 45.9 Å². The van der Waals surface area contributed by atoms with Crippen molar-refractivity contribution in [1.82, 2.24) is 0 Å². The number of carbonyl (C=O) groups is 1. The minimum absolute atomic E-state index is 0.177. The number of ether oxygens (including phenoxy) is 3. The Morgan fingerprint density at radius 3 is 2.50 bits per heavy atom. The number of hydrogen-bond acceptors (Lipinski definition) is 4. The first-order valence-corrected chi connectivity index (χ1v) is 7.08. The molecule has 22 heavy (non-hydrogen) atoms. The fourth-order valence-corrected chi connectivity index (χ4v) is 2.70. The Morgan fingerprint density at radius 2 is 1.82 bits per heavy atom. The van der Waals surface area contributed by atoms with E-state index in [1.165, 1.54) is 19.2 Å². The van der Waals surface area contributed by atoms with Crippen LogP contribution in [0.3, 0.4) is 0 Å². The number of halogens is 2. The number of amides is 1. The number of carbonyl (C=O) groups excluding carboxylic acids is 1. The van der Waals surface area contributed by atoms with E-state index in [2.05, 4.69) is 5.32 Å². The summed E-state index contributed by atoms with van der Waals surface area (Å²) in [7, 11) is 1.46. The van der Waals surface area contributed by atoms with Gasteiger partial charge in [-0.15, -0.1) is 0 Å². The molecule has 2 aromatic carbocycles. The normalized spacial score (nSPS) is 12.1. The molecule has 1 aliphatic rings. The van der Waals surface area contributed by atoms with Crippen LogP contribution >= 0.6 is 23.2 Å². The second-order valence-electron chi connectivity index (χ2n) is 4.50. The summed E-state index contributed by atoms with van der Waals surface area (Å²) in [6.07, 6.45) is 0. The molecule has 1 aliphatic heterocycles. The highest BCUT2D eigenvalue weighted by Crippen LogP contribution is 2.36. The topological polar surface area (TPSA) is 56.8 Å². The molecule has 0 radical (unpaired) electrons. The monoisotopic (exact) mass is 339 g/mol. The second-order valence-corrected chi connectivity index (χ2v) is 5.31. The summed E-state index contributed by atoms with van der Waals surface area (Å²) >= 11 is 12.1. The van der Waals surface area contributed by atoms with Gasteiger partial charge in [0.25, 0.3) is 5.91 Å². The molecular formula is C15H11Cl2NO4. The van der Waals surface area contributed by atoms with Crippen LogP contribution in [0.5, 0.6) is 17.2 Å². The summed E-state index contributed by atoms with van der Waals surface area (Å²) in [5.74, 6) is 1.23. The highest BCUT2D eigenvalue weighted by Gasteiger charge is 2.16. The highest BCUT2D eigenvalue weighted by molar-refractivity contribution is 6.37. The van der Waals surface area contributed by atoms with Gasteiger partial charge in [-0.1, -0.05) is 23.2 Å². The summed E-state index contributed by atoms with van der Waals surface area (Å²) in [6, 6.07) is 8.13. The SMILES string of the molecule is COc1c(Cl)cc(C(=O)Nc2ccc3c(c2)OCO3)cc1Cl. The summed E-state index contributed by atoms with van der Waals surface area (Å²) in [4.78, 5) is 12.3. The molecule has 1 amide bonds. The predicted octanol–water partition coefficient (Wildman–Crippen LogP) is 3.98. The van der Waals surface area contributed by atoms with Crippen LogP contribution in [0.25, 0.3) is 0 Å². The Balaban J connectivity index is 1.83. The largest absolute Gasteiger partial charge is 0.494 e. The second kappa shape index (κ2) is 5.94. The van der Waals surface area contributed by atoms with Crippen molar-refractivity contribution in [2.24, 2.45) is 0 Å². The lowest BCUT2D eigenvalue weighted by atomic mass is 10.2. The molecule has 0 unspecified atom stereocenters. The molecule has 2 aromatic rings. The zero-order valence-electron chi connectivity index (χ0n) is 11.5. The molecule has 0 aromatic heterocycles. The maximum Gasteiger partial charge on any atom is 0.255 e. The van der Waals surface area contributed by atoms with Gasteiger partial charge >= 0.3 is 0 Å². The first-order valence-electron chi connectivity index (χ1n) is 6.32. The van der Waals surface area contributed by atoms with Gasteiger partial charge in [0.1, 0.15) is 0 Å². The van der Waals surface area contributed by atoms with E-state index in [4.69, 9.17) is 37.4 Å². The van der Waals surface area contributed by atoms with E-state index in [-0.39, 0.29) is 22.7 Å². The summed E-state index contributed by atoms with van der Waals surface area (Å²) < 4.78 is 15.5. The molecule has 114 valence electrons.